The molecule has 13 nitrogen and oxygen atoms in total. The van der Waals surface area contributed by atoms with Crippen molar-refractivity contribution in [3.05, 3.63) is 63.4 Å². The normalized spacial score (nSPS) is 27.5. The van der Waals surface area contributed by atoms with Gasteiger partial charge in [0.05, 0.1) is 12.6 Å². The van der Waals surface area contributed by atoms with Crippen LogP contribution in [-0.2, 0) is 32.8 Å². The number of hydrogen-bond acceptors (Lipinski definition) is 10. The third-order valence-electron chi connectivity index (χ3n) is 6.58. The summed E-state index contributed by atoms with van der Waals surface area (Å²) < 4.78 is 65.3. The van der Waals surface area contributed by atoms with Gasteiger partial charge in [0.25, 0.3) is 5.56 Å². The molecule has 6 atom stereocenters. The van der Waals surface area contributed by atoms with Gasteiger partial charge >= 0.3 is 19.4 Å². The molecule has 0 bridgehead atoms. The molecule has 2 N–H and O–H groups in total. The molecule has 0 spiro atoms. The molecule has 0 aliphatic carbocycles. The standard InChI is InChI=1S/C26H35FN3O10P/c1-4-21(32)39-22-19(38-24(26(22,3)27)30-13-12-20(31)28-25(30)33)16-37-41(34,40-18-10-6-5-7-11-18)29-17(2)23-35-14-8-9-15-36-23/h5-7,10-13,17,19,22-24H,4,8-9,14-16H2,1-3H3,(H,29,34)(H,28,31,33)/t17-,19+,22+,24+,26+,41?/m0/s1. The SMILES string of the molecule is CCC(=O)O[C@@H]1[C@@H](COP(=O)(N[C@@H](C)C2OCCCCO2)Oc2ccccc2)O[C@@H](n2ccc(=O)[nH]c2=O)[C@]1(C)F. The molecule has 15 heteroatoms. The van der Waals surface area contributed by atoms with Crippen molar-refractivity contribution in [2.45, 2.75) is 76.5 Å². The molecule has 1 aromatic heterocycles. The van der Waals surface area contributed by atoms with E-state index in [9.17, 15) is 18.9 Å². The van der Waals surface area contributed by atoms with E-state index in [0.717, 1.165) is 36.6 Å². The number of hydrogen-bond donors (Lipinski definition) is 2. The summed E-state index contributed by atoms with van der Waals surface area (Å²) in [4.78, 5) is 38.3. The fourth-order valence-electron chi connectivity index (χ4n) is 4.50. The smallest absolute Gasteiger partial charge is 0.456 e. The number of para-hydroxylation sites is 1. The molecule has 4 rings (SSSR count). The number of halogens is 1. The fraction of sp³-hybridized carbons (Fsp3) is 0.577. The third-order valence-corrected chi connectivity index (χ3v) is 8.25. The number of aromatic nitrogens is 2. The van der Waals surface area contributed by atoms with Crippen LogP contribution in [0.5, 0.6) is 5.75 Å². The first-order valence-corrected chi connectivity index (χ1v) is 14.9. The largest absolute Gasteiger partial charge is 0.459 e. The summed E-state index contributed by atoms with van der Waals surface area (Å²) >= 11 is 0. The molecule has 3 heterocycles. The van der Waals surface area contributed by atoms with Gasteiger partial charge in [0, 0.05) is 31.9 Å². The summed E-state index contributed by atoms with van der Waals surface area (Å²) in [7, 11) is -4.22. The highest BCUT2D eigenvalue weighted by Gasteiger charge is 2.58. The summed E-state index contributed by atoms with van der Waals surface area (Å²) in [6, 6.07) is 8.65. The number of nitrogens with zero attached hydrogens (tertiary/aromatic N) is 1. The number of carbonyl (C=O) groups excluding carboxylic acids is 1. The van der Waals surface area contributed by atoms with Crippen molar-refractivity contribution in [3.8, 4) is 5.75 Å². The van der Waals surface area contributed by atoms with E-state index in [1.807, 2.05) is 4.98 Å². The minimum absolute atomic E-state index is 0.0561. The molecule has 2 fully saturated rings. The fourth-order valence-corrected chi connectivity index (χ4v) is 6.04. The molecule has 0 saturated carbocycles. The first kappa shape index (κ1) is 31.1. The van der Waals surface area contributed by atoms with E-state index in [-0.39, 0.29) is 12.2 Å². The molecular formula is C26H35FN3O10P. The second-order valence-corrected chi connectivity index (χ2v) is 11.6. The Morgan fingerprint density at radius 1 is 1.22 bits per heavy atom. The highest BCUT2D eigenvalue weighted by molar-refractivity contribution is 7.52. The zero-order chi connectivity index (χ0) is 29.6. The first-order chi connectivity index (χ1) is 19.5. The Morgan fingerprint density at radius 2 is 1.90 bits per heavy atom. The van der Waals surface area contributed by atoms with Gasteiger partial charge in [-0.3, -0.25) is 23.7 Å². The lowest BCUT2D eigenvalue weighted by Crippen LogP contribution is -2.46. The van der Waals surface area contributed by atoms with E-state index >= 15 is 4.39 Å². The molecule has 226 valence electrons. The average Bonchev–Trinajstić information content (AvgIpc) is 3.10. The Balaban J connectivity index is 1.59. The van der Waals surface area contributed by atoms with Gasteiger partial charge in [0.2, 0.25) is 0 Å². The highest BCUT2D eigenvalue weighted by atomic mass is 31.2. The van der Waals surface area contributed by atoms with Crippen LogP contribution in [0.3, 0.4) is 0 Å². The monoisotopic (exact) mass is 599 g/mol. The van der Waals surface area contributed by atoms with Gasteiger partial charge in [-0.25, -0.2) is 18.8 Å². The second-order valence-electron chi connectivity index (χ2n) is 9.89. The van der Waals surface area contributed by atoms with E-state index in [1.54, 1.807) is 37.3 Å². The van der Waals surface area contributed by atoms with Gasteiger partial charge in [0.15, 0.2) is 24.3 Å². The van der Waals surface area contributed by atoms with Crippen molar-refractivity contribution in [2.75, 3.05) is 19.8 Å². The number of carbonyl (C=O) groups is 1. The maximum absolute atomic E-state index is 16.3. The Kier molecular flexibility index (Phi) is 10.2. The molecule has 1 unspecified atom stereocenters. The lowest BCUT2D eigenvalue weighted by atomic mass is 9.98. The summed E-state index contributed by atoms with van der Waals surface area (Å²) in [5, 5.41) is 2.82. The first-order valence-electron chi connectivity index (χ1n) is 13.4. The van der Waals surface area contributed by atoms with E-state index in [2.05, 4.69) is 5.09 Å². The summed E-state index contributed by atoms with van der Waals surface area (Å²) in [6.45, 7) is 4.68. The van der Waals surface area contributed by atoms with Crippen molar-refractivity contribution >= 4 is 13.7 Å². The predicted octanol–water partition coefficient (Wildman–Crippen LogP) is 2.82. The molecule has 2 saturated heterocycles. The van der Waals surface area contributed by atoms with Crippen LogP contribution in [0.25, 0.3) is 0 Å². The minimum atomic E-state index is -4.22. The summed E-state index contributed by atoms with van der Waals surface area (Å²) in [6.07, 6.45) is -2.57. The van der Waals surface area contributed by atoms with Gasteiger partial charge in [-0.15, -0.1) is 0 Å². The van der Waals surface area contributed by atoms with Crippen molar-refractivity contribution in [1.82, 2.24) is 14.6 Å². The maximum Gasteiger partial charge on any atom is 0.459 e. The number of benzene rings is 1. The number of ether oxygens (including phenoxy) is 4. The number of nitrogens with one attached hydrogen (secondary N) is 2. The molecule has 1 aromatic carbocycles. The Morgan fingerprint density at radius 3 is 2.54 bits per heavy atom. The van der Waals surface area contributed by atoms with E-state index < -0.39 is 68.0 Å². The number of rotatable bonds is 11. The molecular weight excluding hydrogens is 564 g/mol. The van der Waals surface area contributed by atoms with Gasteiger partial charge in [-0.2, -0.15) is 0 Å². The zero-order valence-corrected chi connectivity index (χ0v) is 23.9. The summed E-state index contributed by atoms with van der Waals surface area (Å²) in [5.41, 5.74) is -4.06. The van der Waals surface area contributed by atoms with Crippen LogP contribution in [0.1, 0.15) is 46.3 Å². The highest BCUT2D eigenvalue weighted by Crippen LogP contribution is 2.48. The van der Waals surface area contributed by atoms with Crippen molar-refractivity contribution < 1.29 is 41.7 Å². The quantitative estimate of drug-likeness (QED) is 0.289. The van der Waals surface area contributed by atoms with Crippen LogP contribution in [-0.4, -0.2) is 65.5 Å². The van der Waals surface area contributed by atoms with E-state index in [4.69, 9.17) is 28.0 Å². The molecule has 41 heavy (non-hydrogen) atoms. The Labute approximate surface area is 235 Å². The topological polar surface area (TPSA) is 156 Å². The third kappa shape index (κ3) is 7.70. The van der Waals surface area contributed by atoms with Gasteiger partial charge < -0.3 is 23.5 Å². The van der Waals surface area contributed by atoms with E-state index in [0.29, 0.717) is 13.2 Å². The molecule has 2 aliphatic heterocycles. The number of aromatic amines is 1. The van der Waals surface area contributed by atoms with Gasteiger partial charge in [-0.1, -0.05) is 25.1 Å². The number of alkyl halides is 1. The van der Waals surface area contributed by atoms with Crippen LogP contribution >= 0.6 is 7.75 Å². The lowest BCUT2D eigenvalue weighted by molar-refractivity contribution is -0.157. The minimum Gasteiger partial charge on any atom is -0.456 e. The Bertz CT molecular complexity index is 1330. The van der Waals surface area contributed by atoms with Crippen LogP contribution in [0, 0.1) is 0 Å². The second kappa shape index (κ2) is 13.4. The summed E-state index contributed by atoms with van der Waals surface area (Å²) in [5.74, 6) is -0.493. The Hall–Kier alpha value is -2.87. The number of esters is 1. The van der Waals surface area contributed by atoms with Crippen LogP contribution in [0.15, 0.2) is 52.2 Å². The van der Waals surface area contributed by atoms with Crippen LogP contribution < -0.4 is 20.9 Å². The van der Waals surface area contributed by atoms with Crippen molar-refractivity contribution in [3.63, 3.8) is 0 Å². The predicted molar refractivity (Wildman–Crippen MR) is 143 cm³/mol. The van der Waals surface area contributed by atoms with Crippen molar-refractivity contribution in [2.24, 2.45) is 0 Å². The maximum atomic E-state index is 16.3. The molecule has 2 aromatic rings. The van der Waals surface area contributed by atoms with E-state index in [1.165, 1.54) is 6.92 Å². The molecule has 2 aliphatic rings. The molecule has 0 radical (unpaired) electrons. The van der Waals surface area contributed by atoms with Crippen molar-refractivity contribution in [1.29, 1.82) is 0 Å². The lowest BCUT2D eigenvalue weighted by Gasteiger charge is -2.29. The van der Waals surface area contributed by atoms with Gasteiger partial charge in [0.1, 0.15) is 11.9 Å². The molecule has 0 amide bonds. The van der Waals surface area contributed by atoms with Crippen LogP contribution in [0.4, 0.5) is 4.39 Å². The van der Waals surface area contributed by atoms with Crippen LogP contribution in [0.2, 0.25) is 0 Å². The number of H-pyrrole nitrogens is 1. The zero-order valence-electron chi connectivity index (χ0n) is 23.0. The van der Waals surface area contributed by atoms with Gasteiger partial charge in [-0.05, 0) is 38.8 Å². The average molecular weight is 600 g/mol.